The van der Waals surface area contributed by atoms with Gasteiger partial charge in [-0.15, -0.1) is 0 Å². The highest BCUT2D eigenvalue weighted by Gasteiger charge is 2.21. The zero-order valence-corrected chi connectivity index (χ0v) is 29.2. The van der Waals surface area contributed by atoms with Crippen LogP contribution < -0.4 is 33.1 Å². The Morgan fingerprint density at radius 1 is 0.420 bits per heavy atom. The van der Waals surface area contributed by atoms with Gasteiger partial charge in [-0.3, -0.25) is 37.9 Å². The lowest BCUT2D eigenvalue weighted by Gasteiger charge is -2.13. The number of unbranched alkanes of at least 4 members (excludes halogenated alkanes) is 2. The van der Waals surface area contributed by atoms with Gasteiger partial charge in [0.05, 0.1) is 21.5 Å². The van der Waals surface area contributed by atoms with Crippen molar-refractivity contribution >= 4 is 64.6 Å². The van der Waals surface area contributed by atoms with Crippen LogP contribution in [0, 0.1) is 11.8 Å². The van der Waals surface area contributed by atoms with Crippen LogP contribution in [0.4, 0.5) is 0 Å². The van der Waals surface area contributed by atoms with E-state index in [1.807, 2.05) is 0 Å². The molecule has 2 heterocycles. The molecule has 2 unspecified atom stereocenters. The third kappa shape index (κ3) is 5.36. The minimum Gasteiger partial charge on any atom is -0.289 e. The summed E-state index contributed by atoms with van der Waals surface area (Å²) in [7, 11) is 0. The molecule has 7 rings (SSSR count). The molecule has 0 aliphatic carbocycles. The lowest BCUT2D eigenvalue weighted by Crippen LogP contribution is -2.28. The largest absolute Gasteiger partial charge is 0.289 e. The van der Waals surface area contributed by atoms with E-state index in [0.717, 1.165) is 51.4 Å². The molecule has 2 aromatic heterocycles. The van der Waals surface area contributed by atoms with Crippen molar-refractivity contribution in [1.29, 1.82) is 0 Å². The van der Waals surface area contributed by atoms with Crippen LogP contribution in [0.1, 0.15) is 79.1 Å². The number of nitrogens with zero attached hydrogens (tertiary/aromatic N) is 2. The molecule has 0 bridgehead atoms. The molecule has 0 saturated heterocycles. The van der Waals surface area contributed by atoms with E-state index in [4.69, 9.17) is 0 Å². The highest BCUT2D eigenvalue weighted by Crippen LogP contribution is 2.28. The van der Waals surface area contributed by atoms with Gasteiger partial charge in [-0.25, -0.2) is 0 Å². The first-order valence-electron chi connectivity index (χ1n) is 18.1. The van der Waals surface area contributed by atoms with Gasteiger partial charge < -0.3 is 0 Å². The smallest absolute Gasteiger partial charge is 0.261 e. The van der Waals surface area contributed by atoms with Crippen LogP contribution in [0.5, 0.6) is 0 Å². The molecule has 0 spiro atoms. The molecule has 7 aromatic rings. The second kappa shape index (κ2) is 13.0. The van der Waals surface area contributed by atoms with E-state index in [1.54, 1.807) is 48.5 Å². The zero-order valence-electron chi connectivity index (χ0n) is 29.2. The molecular formula is C42H42N2O6. The molecule has 0 radical (unpaired) electrons. The highest BCUT2D eigenvalue weighted by molar-refractivity contribution is 6.11. The van der Waals surface area contributed by atoms with E-state index >= 15 is 0 Å². The fraction of sp³-hybridized carbons (Fsp3) is 0.381. The number of hydrogen-bond acceptors (Lipinski definition) is 6. The number of hydrogen-bond donors (Lipinski definition) is 0. The van der Waals surface area contributed by atoms with Gasteiger partial charge in [0, 0.05) is 34.6 Å². The van der Waals surface area contributed by atoms with Crippen molar-refractivity contribution in [3.8, 4) is 0 Å². The van der Waals surface area contributed by atoms with Gasteiger partial charge in [-0.1, -0.05) is 66.2 Å². The molecule has 8 nitrogen and oxygen atoms in total. The summed E-state index contributed by atoms with van der Waals surface area (Å²) in [5.74, 6) is 0.451. The van der Waals surface area contributed by atoms with E-state index in [2.05, 4.69) is 27.7 Å². The molecule has 2 atom stereocenters. The van der Waals surface area contributed by atoms with Crippen molar-refractivity contribution in [3.05, 3.63) is 110 Å². The Balaban J connectivity index is 1.39. The van der Waals surface area contributed by atoms with E-state index in [-0.39, 0.29) is 66.5 Å². The maximum Gasteiger partial charge on any atom is 0.261 e. The molecule has 8 heteroatoms. The average Bonchev–Trinajstić information content (AvgIpc) is 3.49. The molecule has 0 amide bonds. The van der Waals surface area contributed by atoms with E-state index in [0.29, 0.717) is 56.2 Å². The SMILES string of the molecule is CCCCC(CC)Cn1c(=O)c2cc3cc4c(=O)c5cc6cc7c(=O)n(CC(CC)CCCC)c(=O)c7cc6cc5c(=O)c4cc3cc2c1=O. The third-order valence-electron chi connectivity index (χ3n) is 11.1. The van der Waals surface area contributed by atoms with Crippen LogP contribution in [-0.2, 0) is 13.1 Å². The second-order valence-corrected chi connectivity index (χ2v) is 14.2. The van der Waals surface area contributed by atoms with Gasteiger partial charge >= 0.3 is 0 Å². The van der Waals surface area contributed by atoms with Crippen LogP contribution in [0.2, 0.25) is 0 Å². The van der Waals surface area contributed by atoms with Crippen LogP contribution >= 0.6 is 0 Å². The molecule has 50 heavy (non-hydrogen) atoms. The maximum absolute atomic E-state index is 14.0. The number of benzene rings is 5. The Bertz CT molecular complexity index is 2440. The Hall–Kier alpha value is -4.98. The number of aromatic nitrogens is 2. The summed E-state index contributed by atoms with van der Waals surface area (Å²) in [5.41, 5.74) is -1.99. The summed E-state index contributed by atoms with van der Waals surface area (Å²) >= 11 is 0. The first-order valence-corrected chi connectivity index (χ1v) is 18.1. The van der Waals surface area contributed by atoms with Crippen molar-refractivity contribution in [2.45, 2.75) is 92.2 Å². The topological polar surface area (TPSA) is 112 Å². The normalized spacial score (nSPS) is 13.5. The molecule has 5 aromatic carbocycles. The van der Waals surface area contributed by atoms with Crippen LogP contribution in [0.3, 0.4) is 0 Å². The molecule has 0 N–H and O–H groups in total. The Labute approximate surface area is 287 Å². The predicted molar refractivity (Wildman–Crippen MR) is 205 cm³/mol. The van der Waals surface area contributed by atoms with Gasteiger partial charge in [-0.2, -0.15) is 0 Å². The van der Waals surface area contributed by atoms with Gasteiger partial charge in [0.1, 0.15) is 0 Å². The van der Waals surface area contributed by atoms with E-state index in [9.17, 15) is 28.8 Å². The molecular weight excluding hydrogens is 628 g/mol. The average molecular weight is 671 g/mol. The molecule has 0 aliphatic heterocycles. The minimum atomic E-state index is -0.337. The fourth-order valence-electron chi connectivity index (χ4n) is 7.90. The third-order valence-corrected chi connectivity index (χ3v) is 11.1. The zero-order chi connectivity index (χ0) is 35.4. The first kappa shape index (κ1) is 33.5. The lowest BCUT2D eigenvalue weighted by atomic mass is 9.95. The molecule has 0 fully saturated rings. The Morgan fingerprint density at radius 2 is 0.680 bits per heavy atom. The minimum absolute atomic E-state index is 0.225. The van der Waals surface area contributed by atoms with Crippen molar-refractivity contribution in [2.75, 3.05) is 0 Å². The summed E-state index contributed by atoms with van der Waals surface area (Å²) in [6.45, 7) is 9.12. The van der Waals surface area contributed by atoms with Gasteiger partial charge in [0.2, 0.25) is 0 Å². The molecule has 0 saturated carbocycles. The summed E-state index contributed by atoms with van der Waals surface area (Å²) in [6.07, 6.45) is 7.79. The van der Waals surface area contributed by atoms with Gasteiger partial charge in [0.15, 0.2) is 10.9 Å². The van der Waals surface area contributed by atoms with Crippen LogP contribution in [0.15, 0.2) is 77.3 Å². The summed E-state index contributed by atoms with van der Waals surface area (Å²) in [4.78, 5) is 81.9. The van der Waals surface area contributed by atoms with Crippen molar-refractivity contribution in [1.82, 2.24) is 9.13 Å². The standard InChI is InChI=1S/C42H42N2O6/c1-5-9-11-23(7-3)21-43-39(47)33-17-25-13-29-30(14-26(25)18-34(33)40(43)48)38(46)32-16-28-20-36-35(19-27(28)15-31(32)37(29)45)41(49)44(42(36)50)22-24(8-4)12-10-6-2/h13-20,23-24H,5-12,21-22H2,1-4H3. The summed E-state index contributed by atoms with van der Waals surface area (Å²) in [6, 6.07) is 13.2. The second-order valence-electron chi connectivity index (χ2n) is 14.2. The molecule has 256 valence electrons. The number of rotatable bonds is 12. The van der Waals surface area contributed by atoms with Gasteiger partial charge in [0.25, 0.3) is 22.2 Å². The quantitative estimate of drug-likeness (QED) is 0.128. The summed E-state index contributed by atoms with van der Waals surface area (Å²) in [5, 5.41) is 4.54. The maximum atomic E-state index is 14.0. The highest BCUT2D eigenvalue weighted by atomic mass is 16.2. The van der Waals surface area contributed by atoms with E-state index in [1.165, 1.54) is 9.13 Å². The van der Waals surface area contributed by atoms with Gasteiger partial charge in [-0.05, 0) is 94.8 Å². The predicted octanol–water partition coefficient (Wildman–Crippen LogP) is 7.12. The Kier molecular flexibility index (Phi) is 8.75. The first-order chi connectivity index (χ1) is 24.1. The molecule has 0 aliphatic rings. The lowest BCUT2D eigenvalue weighted by molar-refractivity contribution is 0.384. The van der Waals surface area contributed by atoms with Crippen molar-refractivity contribution in [3.63, 3.8) is 0 Å². The van der Waals surface area contributed by atoms with Crippen molar-refractivity contribution < 1.29 is 0 Å². The van der Waals surface area contributed by atoms with Crippen LogP contribution in [-0.4, -0.2) is 9.13 Å². The Morgan fingerprint density at radius 3 is 0.920 bits per heavy atom. The van der Waals surface area contributed by atoms with E-state index < -0.39 is 0 Å². The van der Waals surface area contributed by atoms with Crippen molar-refractivity contribution in [2.24, 2.45) is 11.8 Å². The monoisotopic (exact) mass is 670 g/mol. The van der Waals surface area contributed by atoms with Crippen LogP contribution in [0.25, 0.3) is 64.6 Å². The number of fused-ring (bicyclic) bond motifs is 6. The summed E-state index contributed by atoms with van der Waals surface area (Å²) < 4.78 is 2.68. The fourth-order valence-corrected chi connectivity index (χ4v) is 7.90.